The van der Waals surface area contributed by atoms with Crippen LogP contribution < -0.4 is 14.8 Å². The number of ether oxygens (including phenoxy) is 1. The molecule has 3 aromatic carbocycles. The second kappa shape index (κ2) is 8.56. The van der Waals surface area contributed by atoms with E-state index in [0.717, 1.165) is 17.3 Å². The summed E-state index contributed by atoms with van der Waals surface area (Å²) in [7, 11) is -1.55. The van der Waals surface area contributed by atoms with Crippen molar-refractivity contribution in [3.8, 4) is 11.4 Å². The second-order valence-corrected chi connectivity index (χ2v) is 9.65. The molecule has 0 fully saturated rings. The monoisotopic (exact) mass is 506 g/mol. The van der Waals surface area contributed by atoms with E-state index >= 15 is 0 Å². The number of nitrogens with one attached hydrogen (secondary N) is 2. The van der Waals surface area contributed by atoms with Crippen molar-refractivity contribution in [2.24, 2.45) is 0 Å². The highest BCUT2D eigenvalue weighted by Gasteiger charge is 2.29. The fourth-order valence-corrected chi connectivity index (χ4v) is 5.56. The Morgan fingerprint density at radius 2 is 1.97 bits per heavy atom. The number of aryl methyl sites for hydroxylation is 1. The van der Waals surface area contributed by atoms with Gasteiger partial charge in [0.1, 0.15) is 23.7 Å². The summed E-state index contributed by atoms with van der Waals surface area (Å²) < 4.78 is 51.0. The standard InChI is InChI=1S/C26H20F2N4O3S/c1-2-22-30-18-11-10-17(27)24(28)25(18)32(22)20-5-3-4-16-19(13-35-26(16)20)29-15-8-6-14(7-9-15)21-12-23(33)31-36(21)34/h3-12,19,29H,2,13H2,1H3,(H,31,33)/t19-,36?/m1/s1. The van der Waals surface area contributed by atoms with Crippen molar-refractivity contribution in [2.45, 2.75) is 19.4 Å². The van der Waals surface area contributed by atoms with Crippen molar-refractivity contribution in [1.82, 2.24) is 14.3 Å². The molecular formula is C26H20F2N4O3S. The van der Waals surface area contributed by atoms with Crippen molar-refractivity contribution in [1.29, 1.82) is 0 Å². The largest absolute Gasteiger partial charge is 0.489 e. The number of rotatable bonds is 5. The molecule has 36 heavy (non-hydrogen) atoms. The van der Waals surface area contributed by atoms with E-state index in [1.165, 1.54) is 12.1 Å². The van der Waals surface area contributed by atoms with Gasteiger partial charge in [0, 0.05) is 23.7 Å². The lowest BCUT2D eigenvalue weighted by Crippen LogP contribution is -2.16. The molecule has 10 heteroatoms. The number of carbonyl (C=O) groups is 1. The van der Waals surface area contributed by atoms with Gasteiger partial charge in [0.2, 0.25) is 0 Å². The van der Waals surface area contributed by atoms with Crippen LogP contribution in [0.5, 0.6) is 5.75 Å². The zero-order chi connectivity index (χ0) is 25.0. The third-order valence-electron chi connectivity index (χ3n) is 6.30. The number of hydrogen-bond acceptors (Lipinski definition) is 5. The SMILES string of the molecule is CCc1nc2ccc(F)c(F)c2n1-c1cccc2c1OC[C@H]2Nc1ccc(C2=CC(=O)NS2=O)cc1. The first-order valence-electron chi connectivity index (χ1n) is 11.4. The lowest BCUT2D eigenvalue weighted by Gasteiger charge is -2.15. The van der Waals surface area contributed by atoms with Crippen LogP contribution in [0.1, 0.15) is 29.9 Å². The summed E-state index contributed by atoms with van der Waals surface area (Å²) in [5.41, 5.74) is 3.45. The Labute approximate surface area is 207 Å². The van der Waals surface area contributed by atoms with E-state index in [1.54, 1.807) is 16.7 Å². The normalized spacial score (nSPS) is 18.6. The Bertz CT molecular complexity index is 1600. The van der Waals surface area contributed by atoms with E-state index in [9.17, 15) is 17.8 Å². The number of benzene rings is 3. The third-order valence-corrected chi connectivity index (χ3v) is 7.44. The number of imidazole rings is 1. The molecule has 2 atom stereocenters. The minimum atomic E-state index is -1.55. The van der Waals surface area contributed by atoms with Gasteiger partial charge in [0.05, 0.1) is 22.2 Å². The smallest absolute Gasteiger partial charge is 0.257 e. The molecule has 0 radical (unpaired) electrons. The van der Waals surface area contributed by atoms with Crippen LogP contribution in [0, 0.1) is 11.6 Å². The highest BCUT2D eigenvalue weighted by molar-refractivity contribution is 7.93. The number of aromatic nitrogens is 2. The highest BCUT2D eigenvalue weighted by Crippen LogP contribution is 2.41. The van der Waals surface area contributed by atoms with E-state index in [0.29, 0.717) is 46.3 Å². The molecule has 1 aromatic heterocycles. The molecular weight excluding hydrogens is 486 g/mol. The number of amides is 1. The summed E-state index contributed by atoms with van der Waals surface area (Å²) in [5, 5.41) is 3.43. The first-order valence-corrected chi connectivity index (χ1v) is 12.5. The van der Waals surface area contributed by atoms with Gasteiger partial charge in [0.25, 0.3) is 5.91 Å². The highest BCUT2D eigenvalue weighted by atomic mass is 32.2. The van der Waals surface area contributed by atoms with Crippen LogP contribution in [0.15, 0.2) is 60.7 Å². The summed E-state index contributed by atoms with van der Waals surface area (Å²) in [4.78, 5) is 16.4. The quantitative estimate of drug-likeness (QED) is 0.415. The van der Waals surface area contributed by atoms with E-state index in [2.05, 4.69) is 15.0 Å². The maximum absolute atomic E-state index is 14.9. The molecule has 0 aliphatic carbocycles. The molecule has 2 aliphatic heterocycles. The van der Waals surface area contributed by atoms with Gasteiger partial charge in [-0.25, -0.2) is 18.0 Å². The first kappa shape index (κ1) is 22.4. The van der Waals surface area contributed by atoms with Crippen LogP contribution >= 0.6 is 0 Å². The van der Waals surface area contributed by atoms with Gasteiger partial charge in [-0.1, -0.05) is 31.2 Å². The number of halogens is 2. The second-order valence-electron chi connectivity index (χ2n) is 8.47. The molecule has 0 bridgehead atoms. The number of carbonyl (C=O) groups excluding carboxylic acids is 1. The van der Waals surface area contributed by atoms with Crippen LogP contribution in [0.2, 0.25) is 0 Å². The number of fused-ring (bicyclic) bond motifs is 2. The van der Waals surface area contributed by atoms with Crippen molar-refractivity contribution in [3.05, 3.63) is 89.3 Å². The van der Waals surface area contributed by atoms with Gasteiger partial charge < -0.3 is 10.1 Å². The zero-order valence-electron chi connectivity index (χ0n) is 19.0. The van der Waals surface area contributed by atoms with Crippen LogP contribution in [0.25, 0.3) is 21.6 Å². The first-order chi connectivity index (χ1) is 17.4. The van der Waals surface area contributed by atoms with E-state index in [1.807, 2.05) is 37.3 Å². The predicted octanol–water partition coefficient (Wildman–Crippen LogP) is 4.55. The van der Waals surface area contributed by atoms with E-state index in [-0.39, 0.29) is 17.5 Å². The predicted molar refractivity (Wildman–Crippen MR) is 133 cm³/mol. The molecule has 0 saturated carbocycles. The van der Waals surface area contributed by atoms with Gasteiger partial charge >= 0.3 is 0 Å². The van der Waals surface area contributed by atoms with Crippen molar-refractivity contribution in [2.75, 3.05) is 11.9 Å². The molecule has 182 valence electrons. The molecule has 1 amide bonds. The number of hydrogen-bond donors (Lipinski definition) is 2. The van der Waals surface area contributed by atoms with Crippen molar-refractivity contribution < 1.29 is 22.5 Å². The summed E-state index contributed by atoms with van der Waals surface area (Å²) in [6.07, 6.45) is 1.86. The Morgan fingerprint density at radius 3 is 2.69 bits per heavy atom. The molecule has 2 aliphatic rings. The average molecular weight is 507 g/mol. The lowest BCUT2D eigenvalue weighted by molar-refractivity contribution is -0.114. The van der Waals surface area contributed by atoms with Gasteiger partial charge in [-0.15, -0.1) is 0 Å². The molecule has 3 heterocycles. The van der Waals surface area contributed by atoms with Crippen LogP contribution in [0.4, 0.5) is 14.5 Å². The van der Waals surface area contributed by atoms with Gasteiger partial charge in [-0.2, -0.15) is 0 Å². The van der Waals surface area contributed by atoms with Crippen molar-refractivity contribution in [3.63, 3.8) is 0 Å². The molecule has 6 rings (SSSR count). The van der Waals surface area contributed by atoms with Crippen LogP contribution in [0.3, 0.4) is 0 Å². The number of anilines is 1. The minimum Gasteiger partial charge on any atom is -0.489 e. The fourth-order valence-electron chi connectivity index (χ4n) is 4.64. The van der Waals surface area contributed by atoms with E-state index in [4.69, 9.17) is 4.74 Å². The lowest BCUT2D eigenvalue weighted by atomic mass is 10.1. The summed E-state index contributed by atoms with van der Waals surface area (Å²) in [5.74, 6) is -1.06. The fraction of sp³-hybridized carbons (Fsp3) is 0.154. The Kier molecular flexibility index (Phi) is 5.33. The summed E-state index contributed by atoms with van der Waals surface area (Å²) in [6.45, 7) is 2.25. The number of nitrogens with zero attached hydrogens (tertiary/aromatic N) is 2. The topological polar surface area (TPSA) is 85.2 Å². The van der Waals surface area contributed by atoms with Gasteiger partial charge in [-0.3, -0.25) is 14.1 Å². The number of para-hydroxylation sites is 1. The Morgan fingerprint density at radius 1 is 1.17 bits per heavy atom. The molecule has 4 aromatic rings. The Balaban J connectivity index is 1.34. The van der Waals surface area contributed by atoms with E-state index < -0.39 is 22.6 Å². The maximum Gasteiger partial charge on any atom is 0.257 e. The molecule has 2 N–H and O–H groups in total. The minimum absolute atomic E-state index is 0.0856. The summed E-state index contributed by atoms with van der Waals surface area (Å²) >= 11 is 0. The van der Waals surface area contributed by atoms with Crippen LogP contribution in [-0.2, 0) is 22.2 Å². The average Bonchev–Trinajstić information content (AvgIpc) is 3.56. The maximum atomic E-state index is 14.9. The van der Waals surface area contributed by atoms with Crippen LogP contribution in [-0.4, -0.2) is 26.3 Å². The Hall–Kier alpha value is -4.05. The van der Waals surface area contributed by atoms with Crippen molar-refractivity contribution >= 4 is 38.5 Å². The van der Waals surface area contributed by atoms with Gasteiger partial charge in [0.15, 0.2) is 22.6 Å². The molecule has 0 spiro atoms. The molecule has 1 unspecified atom stereocenters. The zero-order valence-corrected chi connectivity index (χ0v) is 19.9. The summed E-state index contributed by atoms with van der Waals surface area (Å²) in [6, 6.07) is 15.2. The van der Waals surface area contributed by atoms with Gasteiger partial charge in [-0.05, 0) is 35.9 Å². The molecule has 0 saturated heterocycles. The molecule has 7 nitrogen and oxygen atoms in total. The third kappa shape index (κ3) is 3.56.